The number of rotatable bonds is 3. The number of hydrogen-bond acceptors (Lipinski definition) is 3. The predicted molar refractivity (Wildman–Crippen MR) is 59.7 cm³/mol. The van der Waals surface area contributed by atoms with Crippen molar-refractivity contribution in [1.29, 1.82) is 0 Å². The van der Waals surface area contributed by atoms with Crippen LogP contribution in [0.15, 0.2) is 0 Å². The third kappa shape index (κ3) is 4.18. The predicted octanol–water partition coefficient (Wildman–Crippen LogP) is 0.526. The maximum absolute atomic E-state index is 11.7. The fraction of sp³-hybridized carbons (Fsp3) is 0.909. The lowest BCUT2D eigenvalue weighted by Gasteiger charge is -2.22. The lowest BCUT2D eigenvalue weighted by Crippen LogP contribution is -2.44. The third-order valence-electron chi connectivity index (χ3n) is 2.50. The van der Waals surface area contributed by atoms with E-state index in [-0.39, 0.29) is 23.5 Å². The van der Waals surface area contributed by atoms with Crippen LogP contribution in [0.4, 0.5) is 0 Å². The molecule has 1 amide bonds. The van der Waals surface area contributed by atoms with E-state index in [4.69, 9.17) is 4.74 Å². The summed E-state index contributed by atoms with van der Waals surface area (Å²) in [6.45, 7) is 7.80. The Balaban J connectivity index is 2.37. The number of nitrogens with one attached hydrogen (secondary N) is 2. The van der Waals surface area contributed by atoms with Crippen molar-refractivity contribution in [3.63, 3.8) is 0 Å². The zero-order valence-electron chi connectivity index (χ0n) is 10.1. The van der Waals surface area contributed by atoms with Crippen molar-refractivity contribution in [3.8, 4) is 0 Å². The minimum absolute atomic E-state index is 0.0404. The van der Waals surface area contributed by atoms with Crippen molar-refractivity contribution < 1.29 is 9.53 Å². The fourth-order valence-electron chi connectivity index (χ4n) is 1.79. The Kier molecular flexibility index (Phi) is 4.11. The summed E-state index contributed by atoms with van der Waals surface area (Å²) < 4.78 is 5.28. The highest BCUT2D eigenvalue weighted by Gasteiger charge is 2.29. The Bertz CT molecular complexity index is 223. The molecule has 1 fully saturated rings. The highest BCUT2D eigenvalue weighted by molar-refractivity contribution is 5.77. The zero-order chi connectivity index (χ0) is 11.5. The number of amides is 1. The van der Waals surface area contributed by atoms with Gasteiger partial charge >= 0.3 is 0 Å². The molecule has 4 heteroatoms. The fourth-order valence-corrected chi connectivity index (χ4v) is 1.79. The maximum atomic E-state index is 11.7. The molecule has 1 aliphatic heterocycles. The van der Waals surface area contributed by atoms with E-state index in [2.05, 4.69) is 31.4 Å². The summed E-state index contributed by atoms with van der Waals surface area (Å²) in [4.78, 5) is 11.7. The summed E-state index contributed by atoms with van der Waals surface area (Å²) in [5.41, 5.74) is 0.0404. The van der Waals surface area contributed by atoms with E-state index < -0.39 is 0 Å². The normalized spacial score (nSPS) is 26.7. The highest BCUT2D eigenvalue weighted by Crippen LogP contribution is 2.18. The van der Waals surface area contributed by atoms with Crippen LogP contribution >= 0.6 is 0 Å². The van der Waals surface area contributed by atoms with E-state index in [1.54, 1.807) is 7.11 Å². The van der Waals surface area contributed by atoms with E-state index >= 15 is 0 Å². The van der Waals surface area contributed by atoms with Gasteiger partial charge in [-0.15, -0.1) is 0 Å². The molecule has 2 N–H and O–H groups in total. The summed E-state index contributed by atoms with van der Waals surface area (Å²) in [6, 6.07) is 0.116. The number of carbonyl (C=O) groups excluding carboxylic acids is 1. The molecule has 1 unspecified atom stereocenters. The van der Waals surface area contributed by atoms with E-state index in [9.17, 15) is 4.79 Å². The van der Waals surface area contributed by atoms with Crippen LogP contribution in [0.5, 0.6) is 0 Å². The van der Waals surface area contributed by atoms with Crippen LogP contribution in [0.3, 0.4) is 0 Å². The van der Waals surface area contributed by atoms with E-state index in [1.165, 1.54) is 0 Å². The number of methoxy groups -OCH3 is 1. The van der Waals surface area contributed by atoms with Crippen LogP contribution in [-0.4, -0.2) is 38.3 Å². The SMILES string of the molecule is CO[C@H]1CNCC1NC(=O)CC(C)(C)C. The van der Waals surface area contributed by atoms with Crippen LogP contribution in [0, 0.1) is 5.41 Å². The molecule has 88 valence electrons. The molecular formula is C11H22N2O2. The Morgan fingerprint density at radius 2 is 2.13 bits per heavy atom. The molecule has 0 aliphatic carbocycles. The van der Waals surface area contributed by atoms with Crippen molar-refractivity contribution in [2.75, 3.05) is 20.2 Å². The largest absolute Gasteiger partial charge is 0.378 e. The van der Waals surface area contributed by atoms with E-state index in [0.29, 0.717) is 6.42 Å². The molecule has 1 saturated heterocycles. The smallest absolute Gasteiger partial charge is 0.220 e. The van der Waals surface area contributed by atoms with Crippen LogP contribution in [0.25, 0.3) is 0 Å². The van der Waals surface area contributed by atoms with Crippen molar-refractivity contribution in [2.24, 2.45) is 5.41 Å². The van der Waals surface area contributed by atoms with Gasteiger partial charge in [-0.25, -0.2) is 0 Å². The topological polar surface area (TPSA) is 50.4 Å². The van der Waals surface area contributed by atoms with Gasteiger partial charge in [0.05, 0.1) is 12.1 Å². The Labute approximate surface area is 91.8 Å². The number of carbonyl (C=O) groups is 1. The average molecular weight is 214 g/mol. The maximum Gasteiger partial charge on any atom is 0.220 e. The highest BCUT2D eigenvalue weighted by atomic mass is 16.5. The molecule has 0 saturated carbocycles. The van der Waals surface area contributed by atoms with Crippen LogP contribution in [0.2, 0.25) is 0 Å². The van der Waals surface area contributed by atoms with Gasteiger partial charge < -0.3 is 15.4 Å². The minimum Gasteiger partial charge on any atom is -0.378 e. The second-order valence-corrected chi connectivity index (χ2v) is 5.34. The first-order valence-corrected chi connectivity index (χ1v) is 5.45. The van der Waals surface area contributed by atoms with Gasteiger partial charge in [-0.2, -0.15) is 0 Å². The van der Waals surface area contributed by atoms with Crippen molar-refractivity contribution in [1.82, 2.24) is 10.6 Å². The quantitative estimate of drug-likeness (QED) is 0.720. The molecule has 4 nitrogen and oxygen atoms in total. The monoisotopic (exact) mass is 214 g/mol. The summed E-state index contributed by atoms with van der Waals surface area (Å²) in [5, 5.41) is 6.21. The van der Waals surface area contributed by atoms with Crippen LogP contribution in [-0.2, 0) is 9.53 Å². The van der Waals surface area contributed by atoms with Crippen molar-refractivity contribution in [2.45, 2.75) is 39.3 Å². The molecule has 2 atom stereocenters. The number of ether oxygens (including phenoxy) is 1. The molecule has 0 bridgehead atoms. The number of hydrogen-bond donors (Lipinski definition) is 2. The summed E-state index contributed by atoms with van der Waals surface area (Å²) in [5.74, 6) is 0.109. The molecule has 0 aromatic carbocycles. The molecule has 0 radical (unpaired) electrons. The van der Waals surface area contributed by atoms with Crippen LogP contribution in [0.1, 0.15) is 27.2 Å². The Morgan fingerprint density at radius 1 is 1.47 bits per heavy atom. The second kappa shape index (κ2) is 4.94. The second-order valence-electron chi connectivity index (χ2n) is 5.34. The molecule has 15 heavy (non-hydrogen) atoms. The lowest BCUT2D eigenvalue weighted by atomic mass is 9.92. The first-order chi connectivity index (χ1) is 6.92. The Hall–Kier alpha value is -0.610. The van der Waals surface area contributed by atoms with Gasteiger partial charge in [0.1, 0.15) is 0 Å². The zero-order valence-corrected chi connectivity index (χ0v) is 10.1. The van der Waals surface area contributed by atoms with Crippen LogP contribution < -0.4 is 10.6 Å². The first kappa shape index (κ1) is 12.5. The molecule has 0 spiro atoms. The van der Waals surface area contributed by atoms with Gasteiger partial charge in [0, 0.05) is 26.6 Å². The van der Waals surface area contributed by atoms with Crippen molar-refractivity contribution in [3.05, 3.63) is 0 Å². The standard InChI is InChI=1S/C11H22N2O2/c1-11(2,3)5-10(14)13-8-6-12-7-9(8)15-4/h8-9,12H,5-7H2,1-4H3,(H,13,14)/t8?,9-/m0/s1. The third-order valence-corrected chi connectivity index (χ3v) is 2.50. The van der Waals surface area contributed by atoms with Gasteiger partial charge in [-0.3, -0.25) is 4.79 Å². The molecule has 0 aromatic heterocycles. The van der Waals surface area contributed by atoms with Gasteiger partial charge in [0.2, 0.25) is 5.91 Å². The summed E-state index contributed by atoms with van der Waals surface area (Å²) in [7, 11) is 1.68. The average Bonchev–Trinajstić information content (AvgIpc) is 2.48. The molecule has 1 aliphatic rings. The molecule has 1 rings (SSSR count). The molecule has 0 aromatic rings. The van der Waals surface area contributed by atoms with Gasteiger partial charge in [-0.05, 0) is 5.41 Å². The van der Waals surface area contributed by atoms with Gasteiger partial charge in [0.25, 0.3) is 0 Å². The van der Waals surface area contributed by atoms with E-state index in [0.717, 1.165) is 13.1 Å². The first-order valence-electron chi connectivity index (χ1n) is 5.45. The van der Waals surface area contributed by atoms with E-state index in [1.807, 2.05) is 0 Å². The Morgan fingerprint density at radius 3 is 2.67 bits per heavy atom. The minimum atomic E-state index is 0.0404. The molecule has 1 heterocycles. The molecular weight excluding hydrogens is 192 g/mol. The van der Waals surface area contributed by atoms with Crippen molar-refractivity contribution >= 4 is 5.91 Å². The van der Waals surface area contributed by atoms with Gasteiger partial charge in [-0.1, -0.05) is 20.8 Å². The van der Waals surface area contributed by atoms with Gasteiger partial charge in [0.15, 0.2) is 0 Å². The summed E-state index contributed by atoms with van der Waals surface area (Å²) in [6.07, 6.45) is 0.661. The summed E-state index contributed by atoms with van der Waals surface area (Å²) >= 11 is 0. The lowest BCUT2D eigenvalue weighted by molar-refractivity contribution is -0.124.